The molecule has 27 heavy (non-hydrogen) atoms. The monoisotopic (exact) mass is 387 g/mol. The zero-order valence-corrected chi connectivity index (χ0v) is 15.9. The minimum Gasteiger partial charge on any atom is -0.493 e. The summed E-state index contributed by atoms with van der Waals surface area (Å²) in [5.74, 6) is 0.351. The predicted octanol–water partition coefficient (Wildman–Crippen LogP) is 4.63. The lowest BCUT2D eigenvalue weighted by Gasteiger charge is -2.12. The average molecular weight is 387 g/mol. The van der Waals surface area contributed by atoms with E-state index >= 15 is 0 Å². The summed E-state index contributed by atoms with van der Waals surface area (Å²) in [5, 5.41) is 2.26. The SMILES string of the molecule is COc1cc(C)c(COC(=O)c2csc(-c3ccc(F)cc3)n2)cc1OC. The molecule has 0 bridgehead atoms. The Balaban J connectivity index is 1.71. The van der Waals surface area contributed by atoms with Crippen LogP contribution in [0.3, 0.4) is 0 Å². The summed E-state index contributed by atoms with van der Waals surface area (Å²) in [4.78, 5) is 16.6. The summed E-state index contributed by atoms with van der Waals surface area (Å²) in [7, 11) is 3.12. The standard InChI is InChI=1S/C20H18FNO4S/c1-12-8-17(24-2)18(25-3)9-14(12)10-26-20(23)16-11-27-19(22-16)13-4-6-15(21)7-5-13/h4-9,11H,10H2,1-3H3. The van der Waals surface area contributed by atoms with Gasteiger partial charge in [-0.2, -0.15) is 0 Å². The topological polar surface area (TPSA) is 57.7 Å². The number of carbonyl (C=O) groups excluding carboxylic acids is 1. The van der Waals surface area contributed by atoms with Gasteiger partial charge in [0.25, 0.3) is 0 Å². The number of aryl methyl sites for hydroxylation is 1. The number of methoxy groups -OCH3 is 2. The molecule has 0 aliphatic rings. The highest BCUT2D eigenvalue weighted by Crippen LogP contribution is 2.31. The van der Waals surface area contributed by atoms with Crippen LogP contribution in [-0.4, -0.2) is 25.2 Å². The molecule has 5 nitrogen and oxygen atoms in total. The van der Waals surface area contributed by atoms with Gasteiger partial charge in [-0.3, -0.25) is 0 Å². The summed E-state index contributed by atoms with van der Waals surface area (Å²) in [6.07, 6.45) is 0. The molecule has 0 saturated carbocycles. The molecule has 0 atom stereocenters. The van der Waals surface area contributed by atoms with Gasteiger partial charge in [-0.25, -0.2) is 14.2 Å². The first-order valence-electron chi connectivity index (χ1n) is 8.12. The fourth-order valence-electron chi connectivity index (χ4n) is 2.49. The van der Waals surface area contributed by atoms with E-state index in [4.69, 9.17) is 14.2 Å². The highest BCUT2D eigenvalue weighted by Gasteiger charge is 2.15. The van der Waals surface area contributed by atoms with E-state index < -0.39 is 5.97 Å². The van der Waals surface area contributed by atoms with Crippen molar-refractivity contribution in [1.82, 2.24) is 4.98 Å². The van der Waals surface area contributed by atoms with Gasteiger partial charge >= 0.3 is 5.97 Å². The van der Waals surface area contributed by atoms with E-state index in [0.29, 0.717) is 16.5 Å². The van der Waals surface area contributed by atoms with E-state index in [1.54, 1.807) is 37.8 Å². The maximum absolute atomic E-state index is 13.0. The summed E-state index contributed by atoms with van der Waals surface area (Å²) in [6.45, 7) is 2.00. The van der Waals surface area contributed by atoms with Crippen molar-refractivity contribution in [3.8, 4) is 22.1 Å². The highest BCUT2D eigenvalue weighted by atomic mass is 32.1. The third-order valence-electron chi connectivity index (χ3n) is 4.01. The van der Waals surface area contributed by atoms with E-state index in [0.717, 1.165) is 16.7 Å². The summed E-state index contributed by atoms with van der Waals surface area (Å²) in [5.41, 5.74) is 2.70. The van der Waals surface area contributed by atoms with Gasteiger partial charge in [0.1, 0.15) is 17.4 Å². The van der Waals surface area contributed by atoms with Crippen molar-refractivity contribution in [2.45, 2.75) is 13.5 Å². The second-order valence-corrected chi connectivity index (χ2v) is 6.61. The normalized spacial score (nSPS) is 10.5. The van der Waals surface area contributed by atoms with Gasteiger partial charge in [0.05, 0.1) is 14.2 Å². The first kappa shape index (κ1) is 18.8. The lowest BCUT2D eigenvalue weighted by molar-refractivity contribution is 0.0466. The number of ether oxygens (including phenoxy) is 3. The van der Waals surface area contributed by atoms with E-state index in [1.165, 1.54) is 23.5 Å². The fraction of sp³-hybridized carbons (Fsp3) is 0.200. The van der Waals surface area contributed by atoms with Gasteiger partial charge in [0.15, 0.2) is 17.2 Å². The molecule has 0 fully saturated rings. The molecule has 0 aliphatic carbocycles. The summed E-state index contributed by atoms with van der Waals surface area (Å²) < 4.78 is 28.9. The molecule has 0 radical (unpaired) electrons. The quantitative estimate of drug-likeness (QED) is 0.577. The molecule has 3 aromatic rings. The Kier molecular flexibility index (Phi) is 5.71. The van der Waals surface area contributed by atoms with Crippen molar-refractivity contribution in [3.63, 3.8) is 0 Å². The number of hydrogen-bond donors (Lipinski definition) is 0. The average Bonchev–Trinajstić information content (AvgIpc) is 3.17. The zero-order chi connectivity index (χ0) is 19.4. The number of benzene rings is 2. The Bertz CT molecular complexity index is 953. The molecule has 0 spiro atoms. The Hall–Kier alpha value is -2.93. The van der Waals surface area contributed by atoms with Crippen molar-refractivity contribution in [3.05, 3.63) is 64.4 Å². The van der Waals surface area contributed by atoms with Crippen LogP contribution in [0.4, 0.5) is 4.39 Å². The maximum atomic E-state index is 13.0. The maximum Gasteiger partial charge on any atom is 0.358 e. The molecular formula is C20H18FNO4S. The Morgan fingerprint density at radius 2 is 1.78 bits per heavy atom. The Morgan fingerprint density at radius 3 is 2.44 bits per heavy atom. The number of esters is 1. The van der Waals surface area contributed by atoms with Crippen LogP contribution in [0.2, 0.25) is 0 Å². The molecule has 0 saturated heterocycles. The number of thiazole rings is 1. The molecule has 0 N–H and O–H groups in total. The third kappa shape index (κ3) is 4.25. The number of halogens is 1. The van der Waals surface area contributed by atoms with Gasteiger partial charge in [0.2, 0.25) is 0 Å². The first-order chi connectivity index (χ1) is 13.0. The second-order valence-electron chi connectivity index (χ2n) is 5.75. The molecule has 1 aromatic heterocycles. The van der Waals surface area contributed by atoms with E-state index in [1.807, 2.05) is 13.0 Å². The van der Waals surface area contributed by atoms with Gasteiger partial charge in [-0.1, -0.05) is 0 Å². The molecule has 7 heteroatoms. The number of aromatic nitrogens is 1. The number of nitrogens with zero attached hydrogens (tertiary/aromatic N) is 1. The predicted molar refractivity (Wildman–Crippen MR) is 101 cm³/mol. The Labute approximate surface area is 160 Å². The zero-order valence-electron chi connectivity index (χ0n) is 15.1. The Morgan fingerprint density at radius 1 is 1.11 bits per heavy atom. The van der Waals surface area contributed by atoms with Gasteiger partial charge in [-0.15, -0.1) is 11.3 Å². The second kappa shape index (κ2) is 8.18. The van der Waals surface area contributed by atoms with Crippen LogP contribution in [0, 0.1) is 12.7 Å². The molecule has 3 rings (SSSR count). The lowest BCUT2D eigenvalue weighted by Crippen LogP contribution is -2.07. The van der Waals surface area contributed by atoms with Crippen LogP contribution in [0.5, 0.6) is 11.5 Å². The highest BCUT2D eigenvalue weighted by molar-refractivity contribution is 7.13. The van der Waals surface area contributed by atoms with E-state index in [9.17, 15) is 9.18 Å². The smallest absolute Gasteiger partial charge is 0.358 e. The molecule has 140 valence electrons. The van der Waals surface area contributed by atoms with Crippen LogP contribution < -0.4 is 9.47 Å². The summed E-state index contributed by atoms with van der Waals surface area (Å²) in [6, 6.07) is 9.57. The van der Waals surface area contributed by atoms with E-state index in [-0.39, 0.29) is 18.1 Å². The van der Waals surface area contributed by atoms with Crippen molar-refractivity contribution < 1.29 is 23.4 Å². The molecule has 0 unspecified atom stereocenters. The molecule has 2 aromatic carbocycles. The fourth-order valence-corrected chi connectivity index (χ4v) is 3.28. The molecule has 0 aliphatic heterocycles. The van der Waals surface area contributed by atoms with E-state index in [2.05, 4.69) is 4.98 Å². The van der Waals surface area contributed by atoms with Gasteiger partial charge in [-0.05, 0) is 54.4 Å². The van der Waals surface area contributed by atoms with Crippen molar-refractivity contribution >= 4 is 17.3 Å². The minimum absolute atomic E-state index is 0.0917. The van der Waals surface area contributed by atoms with Crippen molar-refractivity contribution in [2.75, 3.05) is 14.2 Å². The van der Waals surface area contributed by atoms with Crippen LogP contribution in [0.25, 0.3) is 10.6 Å². The van der Waals surface area contributed by atoms with Crippen molar-refractivity contribution in [2.24, 2.45) is 0 Å². The number of rotatable bonds is 6. The van der Waals surface area contributed by atoms with Gasteiger partial charge in [0, 0.05) is 10.9 Å². The first-order valence-corrected chi connectivity index (χ1v) is 9.00. The van der Waals surface area contributed by atoms with Crippen LogP contribution in [0.1, 0.15) is 21.6 Å². The largest absolute Gasteiger partial charge is 0.493 e. The number of carbonyl (C=O) groups is 1. The molecule has 1 heterocycles. The third-order valence-corrected chi connectivity index (χ3v) is 4.90. The van der Waals surface area contributed by atoms with Crippen molar-refractivity contribution in [1.29, 1.82) is 0 Å². The number of hydrogen-bond acceptors (Lipinski definition) is 6. The minimum atomic E-state index is -0.520. The van der Waals surface area contributed by atoms with Crippen LogP contribution in [0.15, 0.2) is 41.8 Å². The van der Waals surface area contributed by atoms with Crippen LogP contribution in [-0.2, 0) is 11.3 Å². The van der Waals surface area contributed by atoms with Crippen LogP contribution >= 0.6 is 11.3 Å². The molecular weight excluding hydrogens is 369 g/mol. The van der Waals surface area contributed by atoms with Gasteiger partial charge < -0.3 is 14.2 Å². The lowest BCUT2D eigenvalue weighted by atomic mass is 10.1. The summed E-state index contributed by atoms with van der Waals surface area (Å²) >= 11 is 1.30. The molecule has 0 amide bonds.